The van der Waals surface area contributed by atoms with Gasteiger partial charge < -0.3 is 10.1 Å². The van der Waals surface area contributed by atoms with Gasteiger partial charge in [-0.3, -0.25) is 4.68 Å². The number of hydrogen-bond acceptors (Lipinski definition) is 5. The molecule has 2 rings (SSSR count). The first-order chi connectivity index (χ1) is 9.22. The molecule has 2 aromatic rings. The van der Waals surface area contributed by atoms with Crippen LogP contribution in [-0.2, 0) is 4.74 Å². The van der Waals surface area contributed by atoms with Crippen LogP contribution in [0.2, 0.25) is 0 Å². The van der Waals surface area contributed by atoms with Gasteiger partial charge in [-0.15, -0.1) is 11.3 Å². The summed E-state index contributed by atoms with van der Waals surface area (Å²) in [6.45, 7) is 5.70. The predicted molar refractivity (Wildman–Crippen MR) is 76.4 cm³/mol. The van der Waals surface area contributed by atoms with Gasteiger partial charge in [-0.05, 0) is 13.8 Å². The number of methoxy groups -OCH3 is 1. The van der Waals surface area contributed by atoms with E-state index in [4.69, 9.17) is 4.74 Å². The molecule has 1 N–H and O–H groups in total. The topological polar surface area (TPSA) is 52.0 Å². The van der Waals surface area contributed by atoms with Gasteiger partial charge in [0.25, 0.3) is 0 Å². The Kier molecular flexibility index (Phi) is 5.07. The van der Waals surface area contributed by atoms with Crippen molar-refractivity contribution in [2.45, 2.75) is 25.9 Å². The quantitative estimate of drug-likeness (QED) is 0.790. The second-order valence-corrected chi connectivity index (χ2v) is 5.52. The molecule has 0 aromatic carbocycles. The second-order valence-electron chi connectivity index (χ2n) is 4.60. The zero-order chi connectivity index (χ0) is 13.7. The van der Waals surface area contributed by atoms with E-state index in [1.165, 1.54) is 0 Å². The van der Waals surface area contributed by atoms with Gasteiger partial charge in [0.15, 0.2) is 0 Å². The normalized spacial score (nSPS) is 13.1. The lowest BCUT2D eigenvalue weighted by atomic mass is 10.1. The maximum Gasteiger partial charge on any atom is 0.114 e. The standard InChI is InChI=1S/C13H20N4OS/c1-10(2)17-9-11(8-16-17)12(14-4-6-18-3)13-15-5-7-19-13/h5,7-10,12,14H,4,6H2,1-3H3. The summed E-state index contributed by atoms with van der Waals surface area (Å²) in [5, 5.41) is 10.9. The minimum Gasteiger partial charge on any atom is -0.383 e. The van der Waals surface area contributed by atoms with Crippen molar-refractivity contribution in [3.8, 4) is 0 Å². The highest BCUT2D eigenvalue weighted by molar-refractivity contribution is 7.09. The fraction of sp³-hybridized carbons (Fsp3) is 0.538. The van der Waals surface area contributed by atoms with Crippen LogP contribution in [0.15, 0.2) is 24.0 Å². The first-order valence-corrected chi connectivity index (χ1v) is 7.26. The third kappa shape index (κ3) is 3.62. The SMILES string of the molecule is COCCNC(c1cnn(C(C)C)c1)c1nccs1. The van der Waals surface area contributed by atoms with Crippen LogP contribution >= 0.6 is 11.3 Å². The third-order valence-electron chi connectivity index (χ3n) is 2.84. The Morgan fingerprint density at radius 3 is 2.89 bits per heavy atom. The fourth-order valence-corrected chi connectivity index (χ4v) is 2.55. The van der Waals surface area contributed by atoms with Crippen molar-refractivity contribution in [3.05, 3.63) is 34.5 Å². The van der Waals surface area contributed by atoms with Crippen LogP contribution in [0, 0.1) is 0 Å². The molecule has 5 nitrogen and oxygen atoms in total. The van der Waals surface area contributed by atoms with Gasteiger partial charge in [0, 0.05) is 43.0 Å². The summed E-state index contributed by atoms with van der Waals surface area (Å²) in [4.78, 5) is 4.40. The second kappa shape index (κ2) is 6.79. The van der Waals surface area contributed by atoms with Gasteiger partial charge in [-0.1, -0.05) is 0 Å². The predicted octanol–water partition coefficient (Wildman–Crippen LogP) is 2.25. The van der Waals surface area contributed by atoms with Crippen molar-refractivity contribution in [3.63, 3.8) is 0 Å². The van der Waals surface area contributed by atoms with Crippen molar-refractivity contribution in [2.75, 3.05) is 20.3 Å². The molecule has 0 saturated heterocycles. The molecule has 0 saturated carbocycles. The summed E-state index contributed by atoms with van der Waals surface area (Å²) in [6.07, 6.45) is 5.82. The third-order valence-corrected chi connectivity index (χ3v) is 3.68. The van der Waals surface area contributed by atoms with E-state index >= 15 is 0 Å². The summed E-state index contributed by atoms with van der Waals surface area (Å²) >= 11 is 1.65. The first kappa shape index (κ1) is 14.2. The van der Waals surface area contributed by atoms with Crippen LogP contribution in [-0.4, -0.2) is 35.0 Å². The average molecular weight is 280 g/mol. The molecule has 6 heteroatoms. The van der Waals surface area contributed by atoms with Gasteiger partial charge in [-0.25, -0.2) is 4.98 Å². The monoisotopic (exact) mass is 280 g/mol. The molecule has 0 aliphatic carbocycles. The molecule has 2 aromatic heterocycles. The van der Waals surface area contributed by atoms with Gasteiger partial charge in [0.1, 0.15) is 5.01 Å². The summed E-state index contributed by atoms with van der Waals surface area (Å²) < 4.78 is 7.05. The van der Waals surface area contributed by atoms with E-state index in [0.29, 0.717) is 12.6 Å². The minimum absolute atomic E-state index is 0.0858. The molecule has 0 bridgehead atoms. The zero-order valence-corrected chi connectivity index (χ0v) is 12.4. The molecule has 0 fully saturated rings. The van der Waals surface area contributed by atoms with E-state index in [0.717, 1.165) is 17.1 Å². The van der Waals surface area contributed by atoms with E-state index in [2.05, 4.69) is 35.4 Å². The molecular formula is C13H20N4OS. The number of nitrogens with zero attached hydrogens (tertiary/aromatic N) is 3. The first-order valence-electron chi connectivity index (χ1n) is 6.38. The molecule has 0 radical (unpaired) electrons. The zero-order valence-electron chi connectivity index (χ0n) is 11.5. The highest BCUT2D eigenvalue weighted by Crippen LogP contribution is 2.24. The Bertz CT molecular complexity index is 481. The Balaban J connectivity index is 2.16. The Hall–Kier alpha value is -1.24. The average Bonchev–Trinajstić information content (AvgIpc) is 3.06. The van der Waals surface area contributed by atoms with Crippen molar-refractivity contribution in [1.29, 1.82) is 0 Å². The molecule has 1 unspecified atom stereocenters. The highest BCUT2D eigenvalue weighted by atomic mass is 32.1. The molecule has 0 amide bonds. The number of hydrogen-bond donors (Lipinski definition) is 1. The smallest absolute Gasteiger partial charge is 0.114 e. The highest BCUT2D eigenvalue weighted by Gasteiger charge is 2.18. The Labute approximate surface area is 117 Å². The molecule has 104 valence electrons. The summed E-state index contributed by atoms with van der Waals surface area (Å²) in [6, 6.07) is 0.451. The van der Waals surface area contributed by atoms with Gasteiger partial charge in [0.2, 0.25) is 0 Å². The lowest BCUT2D eigenvalue weighted by molar-refractivity contribution is 0.197. The van der Waals surface area contributed by atoms with E-state index in [-0.39, 0.29) is 6.04 Å². The number of nitrogens with one attached hydrogen (secondary N) is 1. The molecule has 0 aliphatic heterocycles. The molecule has 0 spiro atoms. The maximum atomic E-state index is 5.09. The van der Waals surface area contributed by atoms with Crippen LogP contribution < -0.4 is 5.32 Å². The lowest BCUT2D eigenvalue weighted by Crippen LogP contribution is -2.25. The van der Waals surface area contributed by atoms with Crippen LogP contribution in [0.1, 0.15) is 36.5 Å². The largest absolute Gasteiger partial charge is 0.383 e. The molecule has 0 aliphatic rings. The summed E-state index contributed by atoms with van der Waals surface area (Å²) in [5.41, 5.74) is 1.14. The van der Waals surface area contributed by atoms with Gasteiger partial charge in [0.05, 0.1) is 18.8 Å². The number of thiazole rings is 1. The van der Waals surface area contributed by atoms with Crippen LogP contribution in [0.3, 0.4) is 0 Å². The van der Waals surface area contributed by atoms with Gasteiger partial charge in [-0.2, -0.15) is 5.10 Å². The minimum atomic E-state index is 0.0858. The number of ether oxygens (including phenoxy) is 1. The van der Waals surface area contributed by atoms with Crippen molar-refractivity contribution < 1.29 is 4.74 Å². The maximum absolute atomic E-state index is 5.09. The van der Waals surface area contributed by atoms with E-state index in [1.54, 1.807) is 18.4 Å². The van der Waals surface area contributed by atoms with E-state index in [9.17, 15) is 0 Å². The lowest BCUT2D eigenvalue weighted by Gasteiger charge is -2.14. The van der Waals surface area contributed by atoms with E-state index in [1.807, 2.05) is 22.5 Å². The van der Waals surface area contributed by atoms with Crippen LogP contribution in [0.5, 0.6) is 0 Å². The van der Waals surface area contributed by atoms with Crippen molar-refractivity contribution in [2.24, 2.45) is 0 Å². The molecule has 1 atom stereocenters. The molecule has 19 heavy (non-hydrogen) atoms. The van der Waals surface area contributed by atoms with Crippen LogP contribution in [0.4, 0.5) is 0 Å². The number of rotatable bonds is 7. The van der Waals surface area contributed by atoms with E-state index < -0.39 is 0 Å². The Morgan fingerprint density at radius 1 is 1.47 bits per heavy atom. The summed E-state index contributed by atoms with van der Waals surface area (Å²) in [7, 11) is 1.71. The number of aromatic nitrogens is 3. The fourth-order valence-electron chi connectivity index (χ4n) is 1.81. The van der Waals surface area contributed by atoms with Crippen molar-refractivity contribution in [1.82, 2.24) is 20.1 Å². The van der Waals surface area contributed by atoms with Gasteiger partial charge >= 0.3 is 0 Å². The summed E-state index contributed by atoms with van der Waals surface area (Å²) in [5.74, 6) is 0. The van der Waals surface area contributed by atoms with Crippen LogP contribution in [0.25, 0.3) is 0 Å². The molecular weight excluding hydrogens is 260 g/mol. The van der Waals surface area contributed by atoms with Crippen molar-refractivity contribution >= 4 is 11.3 Å². The Morgan fingerprint density at radius 2 is 2.32 bits per heavy atom. The molecule has 2 heterocycles.